The first-order valence-corrected chi connectivity index (χ1v) is 6.39. The SMILES string of the molecule is O=C(c1ccc2ccccc2n1)C(O)c1ccccc1. The number of fused-ring (bicyclic) bond motifs is 1. The van der Waals surface area contributed by atoms with E-state index in [1.807, 2.05) is 36.4 Å². The van der Waals surface area contributed by atoms with Crippen LogP contribution < -0.4 is 0 Å². The number of rotatable bonds is 3. The fourth-order valence-electron chi connectivity index (χ4n) is 2.13. The van der Waals surface area contributed by atoms with E-state index in [1.54, 1.807) is 30.3 Å². The minimum absolute atomic E-state index is 0.278. The largest absolute Gasteiger partial charge is 0.380 e. The minimum atomic E-state index is -1.18. The molecule has 1 N–H and O–H groups in total. The van der Waals surface area contributed by atoms with Crippen LogP contribution in [-0.2, 0) is 0 Å². The highest BCUT2D eigenvalue weighted by Gasteiger charge is 2.20. The molecule has 0 aliphatic heterocycles. The van der Waals surface area contributed by atoms with Gasteiger partial charge in [-0.2, -0.15) is 0 Å². The van der Waals surface area contributed by atoms with E-state index < -0.39 is 6.10 Å². The van der Waals surface area contributed by atoms with Crippen LogP contribution >= 0.6 is 0 Å². The van der Waals surface area contributed by atoms with E-state index in [2.05, 4.69) is 4.98 Å². The summed E-state index contributed by atoms with van der Waals surface area (Å²) in [5.74, 6) is -0.387. The zero-order chi connectivity index (χ0) is 13.9. The second kappa shape index (κ2) is 5.23. The number of ketones is 1. The molecule has 3 nitrogen and oxygen atoms in total. The number of para-hydroxylation sites is 1. The molecule has 0 bridgehead atoms. The Morgan fingerprint density at radius 2 is 1.60 bits per heavy atom. The van der Waals surface area contributed by atoms with E-state index in [0.29, 0.717) is 5.56 Å². The van der Waals surface area contributed by atoms with Crippen LogP contribution in [0.3, 0.4) is 0 Å². The molecule has 0 radical (unpaired) electrons. The molecule has 0 saturated heterocycles. The van der Waals surface area contributed by atoms with Gasteiger partial charge in [-0.15, -0.1) is 0 Å². The Morgan fingerprint density at radius 3 is 2.40 bits per heavy atom. The first-order valence-electron chi connectivity index (χ1n) is 6.39. The number of hydrogen-bond acceptors (Lipinski definition) is 3. The molecule has 3 heteroatoms. The van der Waals surface area contributed by atoms with Crippen molar-refractivity contribution in [1.82, 2.24) is 4.98 Å². The second-order valence-corrected chi connectivity index (χ2v) is 4.57. The second-order valence-electron chi connectivity index (χ2n) is 4.57. The summed E-state index contributed by atoms with van der Waals surface area (Å²) < 4.78 is 0. The number of aliphatic hydroxyl groups is 1. The van der Waals surface area contributed by atoms with Gasteiger partial charge in [0.1, 0.15) is 11.8 Å². The zero-order valence-corrected chi connectivity index (χ0v) is 10.7. The van der Waals surface area contributed by atoms with Crippen LogP contribution in [0.2, 0.25) is 0 Å². The lowest BCUT2D eigenvalue weighted by Gasteiger charge is -2.09. The lowest BCUT2D eigenvalue weighted by molar-refractivity contribution is 0.0742. The van der Waals surface area contributed by atoms with E-state index in [0.717, 1.165) is 10.9 Å². The minimum Gasteiger partial charge on any atom is -0.380 e. The zero-order valence-electron chi connectivity index (χ0n) is 10.7. The summed E-state index contributed by atoms with van der Waals surface area (Å²) in [6.07, 6.45) is -1.18. The van der Waals surface area contributed by atoms with Gasteiger partial charge < -0.3 is 5.11 Å². The average molecular weight is 263 g/mol. The maximum Gasteiger partial charge on any atom is 0.214 e. The number of carbonyl (C=O) groups excluding carboxylic acids is 1. The molecule has 2 aromatic carbocycles. The van der Waals surface area contributed by atoms with Crippen molar-refractivity contribution < 1.29 is 9.90 Å². The molecule has 20 heavy (non-hydrogen) atoms. The van der Waals surface area contributed by atoms with Crippen molar-refractivity contribution in [3.63, 3.8) is 0 Å². The van der Waals surface area contributed by atoms with E-state index in [1.165, 1.54) is 0 Å². The molecule has 0 saturated carbocycles. The first-order chi connectivity index (χ1) is 9.75. The Hall–Kier alpha value is -2.52. The molecule has 0 amide bonds. The van der Waals surface area contributed by atoms with Crippen molar-refractivity contribution in [1.29, 1.82) is 0 Å². The van der Waals surface area contributed by atoms with Gasteiger partial charge in [-0.25, -0.2) is 4.98 Å². The molecule has 0 fully saturated rings. The maximum absolute atomic E-state index is 12.3. The van der Waals surface area contributed by atoms with Gasteiger partial charge in [-0.3, -0.25) is 4.79 Å². The number of nitrogens with zero attached hydrogens (tertiary/aromatic N) is 1. The Balaban J connectivity index is 1.96. The molecular formula is C17H13NO2. The van der Waals surface area contributed by atoms with Gasteiger partial charge >= 0.3 is 0 Å². The molecule has 0 aliphatic rings. The van der Waals surface area contributed by atoms with Crippen LogP contribution in [0.25, 0.3) is 10.9 Å². The van der Waals surface area contributed by atoms with Gasteiger partial charge in [0.2, 0.25) is 5.78 Å². The quantitative estimate of drug-likeness (QED) is 0.738. The number of benzene rings is 2. The lowest BCUT2D eigenvalue weighted by Crippen LogP contribution is -2.13. The van der Waals surface area contributed by atoms with Gasteiger partial charge in [0.15, 0.2) is 0 Å². The number of aromatic nitrogens is 1. The fraction of sp³-hybridized carbons (Fsp3) is 0.0588. The van der Waals surface area contributed by atoms with Gasteiger partial charge in [0.25, 0.3) is 0 Å². The Morgan fingerprint density at radius 1 is 0.900 bits per heavy atom. The smallest absolute Gasteiger partial charge is 0.214 e. The third kappa shape index (κ3) is 2.31. The van der Waals surface area contributed by atoms with Crippen LogP contribution in [0.1, 0.15) is 22.2 Å². The third-order valence-corrected chi connectivity index (χ3v) is 3.21. The van der Waals surface area contributed by atoms with Gasteiger partial charge in [0, 0.05) is 5.39 Å². The molecular weight excluding hydrogens is 250 g/mol. The molecule has 0 spiro atoms. The highest BCUT2D eigenvalue weighted by atomic mass is 16.3. The third-order valence-electron chi connectivity index (χ3n) is 3.21. The van der Waals surface area contributed by atoms with Gasteiger partial charge in [-0.1, -0.05) is 54.6 Å². The topological polar surface area (TPSA) is 50.2 Å². The molecule has 98 valence electrons. The van der Waals surface area contributed by atoms with Crippen LogP contribution in [0, 0.1) is 0 Å². The predicted octanol–water partition coefficient (Wildman–Crippen LogP) is 3.15. The van der Waals surface area contributed by atoms with Crippen LogP contribution in [0.4, 0.5) is 0 Å². The van der Waals surface area contributed by atoms with Gasteiger partial charge in [0.05, 0.1) is 5.52 Å². The molecule has 1 heterocycles. The standard InChI is InChI=1S/C17H13NO2/c19-16(13-7-2-1-3-8-13)17(20)15-11-10-12-6-4-5-9-14(12)18-15/h1-11,16,19H. The summed E-state index contributed by atoms with van der Waals surface area (Å²) in [6, 6.07) is 19.9. The van der Waals surface area contributed by atoms with E-state index >= 15 is 0 Å². The van der Waals surface area contributed by atoms with Crippen molar-refractivity contribution in [2.45, 2.75) is 6.10 Å². The summed E-state index contributed by atoms with van der Waals surface area (Å²) >= 11 is 0. The number of carbonyl (C=O) groups is 1. The predicted molar refractivity (Wildman–Crippen MR) is 77.5 cm³/mol. The van der Waals surface area contributed by atoms with E-state index in [4.69, 9.17) is 0 Å². The van der Waals surface area contributed by atoms with Crippen LogP contribution in [0.5, 0.6) is 0 Å². The van der Waals surface area contributed by atoms with Crippen molar-refractivity contribution in [2.24, 2.45) is 0 Å². The molecule has 3 rings (SSSR count). The molecule has 1 atom stereocenters. The van der Waals surface area contributed by atoms with Crippen molar-refractivity contribution >= 4 is 16.7 Å². The van der Waals surface area contributed by atoms with Crippen LogP contribution in [0.15, 0.2) is 66.7 Å². The van der Waals surface area contributed by atoms with Crippen molar-refractivity contribution in [3.05, 3.63) is 78.0 Å². The Labute approximate surface area is 116 Å². The number of Topliss-reactive ketones (excluding diaryl/α,β-unsaturated/α-hetero) is 1. The summed E-state index contributed by atoms with van der Waals surface area (Å²) in [4.78, 5) is 16.6. The normalized spacial score (nSPS) is 12.2. The Bertz CT molecular complexity index is 753. The summed E-state index contributed by atoms with van der Waals surface area (Å²) in [6.45, 7) is 0. The highest BCUT2D eigenvalue weighted by molar-refractivity contribution is 5.99. The Kier molecular flexibility index (Phi) is 3.27. The van der Waals surface area contributed by atoms with E-state index in [9.17, 15) is 9.90 Å². The highest BCUT2D eigenvalue weighted by Crippen LogP contribution is 2.19. The monoisotopic (exact) mass is 263 g/mol. The van der Waals surface area contributed by atoms with Gasteiger partial charge in [-0.05, 0) is 17.7 Å². The van der Waals surface area contributed by atoms with Crippen molar-refractivity contribution in [2.75, 3.05) is 0 Å². The van der Waals surface area contributed by atoms with E-state index in [-0.39, 0.29) is 11.5 Å². The molecule has 3 aromatic rings. The lowest BCUT2D eigenvalue weighted by atomic mass is 10.0. The fourth-order valence-corrected chi connectivity index (χ4v) is 2.13. The van der Waals surface area contributed by atoms with Crippen LogP contribution in [-0.4, -0.2) is 15.9 Å². The maximum atomic E-state index is 12.3. The number of aliphatic hydroxyl groups excluding tert-OH is 1. The number of hydrogen-bond donors (Lipinski definition) is 1. The number of pyridine rings is 1. The molecule has 1 unspecified atom stereocenters. The average Bonchev–Trinajstić information content (AvgIpc) is 2.54. The summed E-state index contributed by atoms with van der Waals surface area (Å²) in [5.41, 5.74) is 1.60. The molecule has 1 aromatic heterocycles. The van der Waals surface area contributed by atoms with Crippen molar-refractivity contribution in [3.8, 4) is 0 Å². The summed E-state index contributed by atoms with van der Waals surface area (Å²) in [5, 5.41) is 11.1. The summed E-state index contributed by atoms with van der Waals surface area (Å²) in [7, 11) is 0. The first kappa shape index (κ1) is 12.5. The molecule has 0 aliphatic carbocycles.